The van der Waals surface area contributed by atoms with Crippen molar-refractivity contribution in [2.75, 3.05) is 32.9 Å². The topological polar surface area (TPSA) is 121 Å². The summed E-state index contributed by atoms with van der Waals surface area (Å²) in [4.78, 5) is 29.8. The number of hydrogen-bond acceptors (Lipinski definition) is 6. The Hall–Kier alpha value is -3.37. The van der Waals surface area contributed by atoms with Crippen molar-refractivity contribution in [2.24, 2.45) is 0 Å². The lowest BCUT2D eigenvalue weighted by molar-refractivity contribution is 0.0523. The van der Waals surface area contributed by atoms with Crippen LogP contribution in [0.15, 0.2) is 53.4 Å². The summed E-state index contributed by atoms with van der Waals surface area (Å²) >= 11 is 0. The SMILES string of the molecule is CN(CCCc1ccc(CNC(=O)OC(C)(C)C)cc1)CCNC(=O)c1cc2cc(S(C)(=O)=O)ccc2[nH]1. The lowest BCUT2D eigenvalue weighted by Crippen LogP contribution is -2.33. The summed E-state index contributed by atoms with van der Waals surface area (Å²) in [6, 6.07) is 14.6. The highest BCUT2D eigenvalue weighted by atomic mass is 32.2. The second kappa shape index (κ2) is 12.4. The average Bonchev–Trinajstić information content (AvgIpc) is 3.26. The lowest BCUT2D eigenvalue weighted by Gasteiger charge is -2.19. The number of ether oxygens (including phenoxy) is 1. The molecule has 0 unspecified atom stereocenters. The number of sulfone groups is 1. The molecular formula is C28H38N4O5S. The number of H-pyrrole nitrogens is 1. The fourth-order valence-electron chi connectivity index (χ4n) is 3.90. The quantitative estimate of drug-likeness (QED) is 0.338. The minimum atomic E-state index is -3.30. The monoisotopic (exact) mass is 542 g/mol. The van der Waals surface area contributed by atoms with Crippen LogP contribution < -0.4 is 10.6 Å². The first kappa shape index (κ1) is 29.2. The summed E-state index contributed by atoms with van der Waals surface area (Å²) in [5.41, 5.74) is 2.84. The van der Waals surface area contributed by atoms with Gasteiger partial charge in [0.15, 0.2) is 9.84 Å². The van der Waals surface area contributed by atoms with Gasteiger partial charge in [0, 0.05) is 36.8 Å². The number of rotatable bonds is 11. The molecule has 1 aromatic heterocycles. The van der Waals surface area contributed by atoms with Crippen LogP contribution in [0, 0.1) is 0 Å². The van der Waals surface area contributed by atoms with Crippen molar-refractivity contribution in [2.45, 2.75) is 50.7 Å². The van der Waals surface area contributed by atoms with Crippen molar-refractivity contribution >= 4 is 32.7 Å². The van der Waals surface area contributed by atoms with Crippen LogP contribution in [0.1, 0.15) is 48.8 Å². The van der Waals surface area contributed by atoms with Crippen LogP contribution in [0.25, 0.3) is 10.9 Å². The Morgan fingerprint density at radius 2 is 1.66 bits per heavy atom. The smallest absolute Gasteiger partial charge is 0.407 e. The Morgan fingerprint density at radius 3 is 2.32 bits per heavy atom. The third-order valence-electron chi connectivity index (χ3n) is 5.91. The molecule has 0 saturated heterocycles. The highest BCUT2D eigenvalue weighted by Gasteiger charge is 2.16. The third kappa shape index (κ3) is 9.18. The maximum atomic E-state index is 12.5. The van der Waals surface area contributed by atoms with Gasteiger partial charge in [-0.2, -0.15) is 0 Å². The highest BCUT2D eigenvalue weighted by molar-refractivity contribution is 7.90. The van der Waals surface area contributed by atoms with Gasteiger partial charge in [0.1, 0.15) is 11.3 Å². The number of aryl methyl sites for hydroxylation is 1. The van der Waals surface area contributed by atoms with Crippen LogP contribution >= 0.6 is 0 Å². The molecule has 0 radical (unpaired) electrons. The lowest BCUT2D eigenvalue weighted by atomic mass is 10.1. The van der Waals surface area contributed by atoms with Crippen LogP contribution in [0.3, 0.4) is 0 Å². The maximum absolute atomic E-state index is 12.5. The van der Waals surface area contributed by atoms with Gasteiger partial charge in [-0.25, -0.2) is 13.2 Å². The number of carbonyl (C=O) groups is 2. The summed E-state index contributed by atoms with van der Waals surface area (Å²) < 4.78 is 28.8. The zero-order chi connectivity index (χ0) is 27.9. The molecule has 3 aromatic rings. The van der Waals surface area contributed by atoms with Gasteiger partial charge in [-0.3, -0.25) is 4.79 Å². The Labute approximate surface area is 224 Å². The first-order valence-electron chi connectivity index (χ1n) is 12.6. The van der Waals surface area contributed by atoms with Gasteiger partial charge < -0.3 is 25.3 Å². The molecule has 1 heterocycles. The van der Waals surface area contributed by atoms with Gasteiger partial charge in [-0.05, 0) is 82.6 Å². The molecule has 9 nitrogen and oxygen atoms in total. The number of benzene rings is 2. The predicted molar refractivity (Wildman–Crippen MR) is 149 cm³/mol. The minimum absolute atomic E-state index is 0.225. The number of nitrogens with zero attached hydrogens (tertiary/aromatic N) is 1. The molecule has 0 aliphatic carbocycles. The van der Waals surface area contributed by atoms with E-state index in [1.165, 1.54) is 11.6 Å². The van der Waals surface area contributed by atoms with E-state index >= 15 is 0 Å². The van der Waals surface area contributed by atoms with Gasteiger partial charge in [-0.15, -0.1) is 0 Å². The number of fused-ring (bicyclic) bond motifs is 1. The van der Waals surface area contributed by atoms with E-state index in [4.69, 9.17) is 4.74 Å². The van der Waals surface area contributed by atoms with Crippen LogP contribution in [0.4, 0.5) is 4.79 Å². The number of amides is 2. The zero-order valence-electron chi connectivity index (χ0n) is 22.8. The van der Waals surface area contributed by atoms with Crippen LogP contribution in [0.2, 0.25) is 0 Å². The van der Waals surface area contributed by atoms with Crippen molar-refractivity contribution < 1.29 is 22.7 Å². The van der Waals surface area contributed by atoms with E-state index in [1.807, 2.05) is 40.0 Å². The van der Waals surface area contributed by atoms with Crippen LogP contribution in [-0.4, -0.2) is 68.8 Å². The molecule has 0 aliphatic heterocycles. The summed E-state index contributed by atoms with van der Waals surface area (Å²) in [6.45, 7) is 8.02. The normalized spacial score (nSPS) is 12.1. The molecular weight excluding hydrogens is 504 g/mol. The number of nitrogens with one attached hydrogen (secondary N) is 3. The molecule has 0 aliphatic rings. The summed E-state index contributed by atoms with van der Waals surface area (Å²) in [5.74, 6) is -0.225. The molecule has 2 aromatic carbocycles. The molecule has 38 heavy (non-hydrogen) atoms. The van der Waals surface area contributed by atoms with E-state index < -0.39 is 21.5 Å². The molecule has 0 atom stereocenters. The van der Waals surface area contributed by atoms with Crippen LogP contribution in [0.5, 0.6) is 0 Å². The third-order valence-corrected chi connectivity index (χ3v) is 7.02. The number of alkyl carbamates (subject to hydrolysis) is 1. The standard InChI is InChI=1S/C28H38N4O5S/c1-28(2,3)37-27(34)30-19-21-10-8-20(9-11-21)7-6-15-32(4)16-14-29-26(33)25-18-22-17-23(38(5,35)36)12-13-24(22)31-25/h8-13,17-18,31H,6-7,14-16,19H2,1-5H3,(H,29,33)(H,30,34). The molecule has 0 bridgehead atoms. The van der Waals surface area contributed by atoms with E-state index in [0.29, 0.717) is 36.2 Å². The van der Waals surface area contributed by atoms with Crippen molar-refractivity contribution in [1.82, 2.24) is 20.5 Å². The summed E-state index contributed by atoms with van der Waals surface area (Å²) in [5, 5.41) is 6.36. The average molecular weight is 543 g/mol. The van der Waals surface area contributed by atoms with E-state index in [9.17, 15) is 18.0 Å². The fraction of sp³-hybridized carbons (Fsp3) is 0.429. The van der Waals surface area contributed by atoms with Crippen LogP contribution in [-0.2, 0) is 27.5 Å². The largest absolute Gasteiger partial charge is 0.444 e. The van der Waals surface area contributed by atoms with E-state index in [0.717, 1.165) is 31.2 Å². The summed E-state index contributed by atoms with van der Waals surface area (Å²) in [6.07, 6.45) is 2.64. The molecule has 3 rings (SSSR count). The second-order valence-electron chi connectivity index (χ2n) is 10.5. The fourth-order valence-corrected chi connectivity index (χ4v) is 4.55. The Balaban J connectivity index is 1.36. The second-order valence-corrected chi connectivity index (χ2v) is 12.6. The molecule has 0 fully saturated rings. The number of aromatic nitrogens is 1. The molecule has 0 spiro atoms. The minimum Gasteiger partial charge on any atom is -0.444 e. The Bertz CT molecular complexity index is 1360. The molecule has 3 N–H and O–H groups in total. The first-order valence-corrected chi connectivity index (χ1v) is 14.5. The molecule has 10 heteroatoms. The van der Waals surface area contributed by atoms with Gasteiger partial charge in [-0.1, -0.05) is 24.3 Å². The van der Waals surface area contributed by atoms with Gasteiger partial charge in [0.25, 0.3) is 5.91 Å². The number of carbonyl (C=O) groups excluding carboxylic acids is 2. The van der Waals surface area contributed by atoms with E-state index in [-0.39, 0.29) is 10.8 Å². The van der Waals surface area contributed by atoms with Crippen molar-refractivity contribution in [3.8, 4) is 0 Å². The van der Waals surface area contributed by atoms with Gasteiger partial charge >= 0.3 is 6.09 Å². The van der Waals surface area contributed by atoms with Gasteiger partial charge in [0.05, 0.1) is 4.90 Å². The number of hydrogen-bond donors (Lipinski definition) is 3. The zero-order valence-corrected chi connectivity index (χ0v) is 23.6. The Kier molecular flexibility index (Phi) is 9.56. The highest BCUT2D eigenvalue weighted by Crippen LogP contribution is 2.20. The van der Waals surface area contributed by atoms with E-state index in [2.05, 4.69) is 32.7 Å². The molecule has 0 saturated carbocycles. The van der Waals surface area contributed by atoms with Crippen molar-refractivity contribution in [3.05, 3.63) is 65.4 Å². The number of likely N-dealkylation sites (N-methyl/N-ethyl adjacent to an activating group) is 1. The molecule has 2 amide bonds. The number of aromatic amines is 1. The van der Waals surface area contributed by atoms with E-state index in [1.54, 1.807) is 18.2 Å². The van der Waals surface area contributed by atoms with Crippen molar-refractivity contribution in [3.63, 3.8) is 0 Å². The van der Waals surface area contributed by atoms with Crippen molar-refractivity contribution in [1.29, 1.82) is 0 Å². The Morgan fingerprint density at radius 1 is 0.974 bits per heavy atom. The predicted octanol–water partition coefficient (Wildman–Crippen LogP) is 3.89. The maximum Gasteiger partial charge on any atom is 0.407 e. The first-order chi connectivity index (χ1) is 17.8. The van der Waals surface area contributed by atoms with Gasteiger partial charge in [0.2, 0.25) is 0 Å². The summed E-state index contributed by atoms with van der Waals surface area (Å²) in [7, 11) is -1.28. The molecule has 206 valence electrons.